The summed E-state index contributed by atoms with van der Waals surface area (Å²) in [5.41, 5.74) is 1.06. The van der Waals surface area contributed by atoms with Crippen LogP contribution >= 0.6 is 11.3 Å². The standard InChI is InChI=1S/C22H30N4O3S/c27-21(8-4-3-7-20-23-18-5-1-2-6-19(18)30-20)25-9-11-26(12-10-25)22(28)17-24-13-15-29-16-14-24/h1-2,5-6H,3-4,7-17H2. The summed E-state index contributed by atoms with van der Waals surface area (Å²) in [6.45, 7) is 6.08. The van der Waals surface area contributed by atoms with Gasteiger partial charge in [0.1, 0.15) is 0 Å². The van der Waals surface area contributed by atoms with Gasteiger partial charge in [0, 0.05) is 45.7 Å². The van der Waals surface area contributed by atoms with Gasteiger partial charge in [-0.3, -0.25) is 14.5 Å². The number of hydrogen-bond acceptors (Lipinski definition) is 6. The molecular formula is C22H30N4O3S. The van der Waals surface area contributed by atoms with Gasteiger partial charge in [-0.2, -0.15) is 0 Å². The van der Waals surface area contributed by atoms with Crippen molar-refractivity contribution >= 4 is 33.4 Å². The van der Waals surface area contributed by atoms with E-state index in [0.29, 0.717) is 52.4 Å². The van der Waals surface area contributed by atoms with Crippen molar-refractivity contribution in [3.63, 3.8) is 0 Å². The molecule has 8 heteroatoms. The van der Waals surface area contributed by atoms with E-state index < -0.39 is 0 Å². The number of benzene rings is 1. The summed E-state index contributed by atoms with van der Waals surface area (Å²) in [5.74, 6) is 0.374. The maximum Gasteiger partial charge on any atom is 0.236 e. The summed E-state index contributed by atoms with van der Waals surface area (Å²) >= 11 is 1.75. The van der Waals surface area contributed by atoms with Crippen LogP contribution in [0.4, 0.5) is 0 Å². The Morgan fingerprint density at radius 1 is 0.933 bits per heavy atom. The fourth-order valence-electron chi connectivity index (χ4n) is 3.99. The predicted octanol–water partition coefficient (Wildman–Crippen LogP) is 2.01. The molecular weight excluding hydrogens is 400 g/mol. The summed E-state index contributed by atoms with van der Waals surface area (Å²) in [4.78, 5) is 35.6. The number of nitrogens with zero attached hydrogens (tertiary/aromatic N) is 4. The number of unbranched alkanes of at least 4 members (excludes halogenated alkanes) is 1. The van der Waals surface area contributed by atoms with Gasteiger partial charge in [-0.1, -0.05) is 12.1 Å². The number of fused-ring (bicyclic) bond motifs is 1. The Bertz CT molecular complexity index is 824. The van der Waals surface area contributed by atoms with Crippen LogP contribution in [0.1, 0.15) is 24.3 Å². The Morgan fingerprint density at radius 3 is 2.37 bits per heavy atom. The molecule has 7 nitrogen and oxygen atoms in total. The number of para-hydroxylation sites is 1. The van der Waals surface area contributed by atoms with Gasteiger partial charge in [0.2, 0.25) is 11.8 Å². The number of ether oxygens (including phenoxy) is 1. The molecule has 0 aliphatic carbocycles. The second-order valence-corrected chi connectivity index (χ2v) is 9.05. The van der Waals surface area contributed by atoms with Crippen LogP contribution < -0.4 is 0 Å². The maximum atomic E-state index is 12.5. The lowest BCUT2D eigenvalue weighted by molar-refractivity contribution is -0.140. The first-order chi connectivity index (χ1) is 14.7. The van der Waals surface area contributed by atoms with Crippen LogP contribution in [0.2, 0.25) is 0 Å². The minimum absolute atomic E-state index is 0.167. The molecule has 162 valence electrons. The molecule has 0 atom stereocenters. The number of aromatic nitrogens is 1. The highest BCUT2D eigenvalue weighted by atomic mass is 32.1. The molecule has 1 aromatic heterocycles. The van der Waals surface area contributed by atoms with Gasteiger partial charge >= 0.3 is 0 Å². The lowest BCUT2D eigenvalue weighted by Crippen LogP contribution is -2.53. The monoisotopic (exact) mass is 430 g/mol. The normalized spacial score (nSPS) is 18.1. The molecule has 0 saturated carbocycles. The van der Waals surface area contributed by atoms with Gasteiger partial charge in [0.15, 0.2) is 0 Å². The molecule has 2 aromatic rings. The molecule has 1 aromatic carbocycles. The highest BCUT2D eigenvalue weighted by molar-refractivity contribution is 7.18. The van der Waals surface area contributed by atoms with E-state index in [-0.39, 0.29) is 11.8 Å². The summed E-state index contributed by atoms with van der Waals surface area (Å²) < 4.78 is 6.56. The zero-order chi connectivity index (χ0) is 20.8. The smallest absolute Gasteiger partial charge is 0.236 e. The molecule has 3 heterocycles. The Hall–Kier alpha value is -2.03. The van der Waals surface area contributed by atoms with Gasteiger partial charge < -0.3 is 14.5 Å². The fourth-order valence-corrected chi connectivity index (χ4v) is 5.00. The van der Waals surface area contributed by atoms with E-state index in [9.17, 15) is 9.59 Å². The highest BCUT2D eigenvalue weighted by Gasteiger charge is 2.25. The third-order valence-corrected chi connectivity index (χ3v) is 6.91. The largest absolute Gasteiger partial charge is 0.379 e. The number of rotatable bonds is 7. The number of amides is 2. The number of aryl methyl sites for hydroxylation is 1. The third kappa shape index (κ3) is 5.56. The Morgan fingerprint density at radius 2 is 1.63 bits per heavy atom. The summed E-state index contributed by atoms with van der Waals surface area (Å²) in [5, 5.41) is 1.15. The average molecular weight is 431 g/mol. The first-order valence-corrected chi connectivity index (χ1v) is 11.7. The van der Waals surface area contributed by atoms with Crippen LogP contribution in [0.3, 0.4) is 0 Å². The number of piperazine rings is 1. The van der Waals surface area contributed by atoms with E-state index in [2.05, 4.69) is 16.0 Å². The van der Waals surface area contributed by atoms with Gasteiger partial charge in [-0.15, -0.1) is 11.3 Å². The van der Waals surface area contributed by atoms with E-state index in [1.165, 1.54) is 4.70 Å². The van der Waals surface area contributed by atoms with Gasteiger partial charge in [-0.25, -0.2) is 4.98 Å². The van der Waals surface area contributed by atoms with E-state index in [4.69, 9.17) is 4.74 Å². The van der Waals surface area contributed by atoms with Crippen LogP contribution in [0.5, 0.6) is 0 Å². The molecule has 4 rings (SSSR count). The second-order valence-electron chi connectivity index (χ2n) is 7.93. The fraction of sp³-hybridized carbons (Fsp3) is 0.591. The van der Waals surface area contributed by atoms with Gasteiger partial charge in [0.25, 0.3) is 0 Å². The molecule has 2 amide bonds. The molecule has 30 heavy (non-hydrogen) atoms. The van der Waals surface area contributed by atoms with Crippen LogP contribution in [-0.2, 0) is 20.7 Å². The molecule has 2 aliphatic rings. The van der Waals surface area contributed by atoms with E-state index in [1.54, 1.807) is 11.3 Å². The minimum Gasteiger partial charge on any atom is -0.379 e. The average Bonchev–Trinajstić information content (AvgIpc) is 3.20. The summed E-state index contributed by atoms with van der Waals surface area (Å²) in [7, 11) is 0. The third-order valence-electron chi connectivity index (χ3n) is 5.82. The Labute approximate surface area is 181 Å². The number of thiazole rings is 1. The summed E-state index contributed by atoms with van der Waals surface area (Å²) in [6.07, 6.45) is 3.36. The molecule has 0 unspecified atom stereocenters. The van der Waals surface area contributed by atoms with Crippen LogP contribution in [-0.4, -0.2) is 90.5 Å². The van der Waals surface area contributed by atoms with Crippen molar-refractivity contribution in [2.45, 2.75) is 25.7 Å². The van der Waals surface area contributed by atoms with E-state index in [0.717, 1.165) is 42.9 Å². The van der Waals surface area contributed by atoms with Crippen LogP contribution in [0, 0.1) is 0 Å². The van der Waals surface area contributed by atoms with Crippen molar-refractivity contribution in [1.82, 2.24) is 19.7 Å². The van der Waals surface area contributed by atoms with E-state index in [1.807, 2.05) is 28.0 Å². The second kappa shape index (κ2) is 10.3. The van der Waals surface area contributed by atoms with E-state index >= 15 is 0 Å². The minimum atomic E-state index is 0.167. The van der Waals surface area contributed by atoms with Crippen molar-refractivity contribution in [3.05, 3.63) is 29.3 Å². The zero-order valence-electron chi connectivity index (χ0n) is 17.4. The lowest BCUT2D eigenvalue weighted by Gasteiger charge is -2.36. The number of carbonyl (C=O) groups is 2. The Kier molecular flexibility index (Phi) is 7.30. The van der Waals surface area contributed by atoms with Gasteiger partial charge in [-0.05, 0) is 31.4 Å². The number of hydrogen-bond donors (Lipinski definition) is 0. The molecule has 2 fully saturated rings. The Balaban J connectivity index is 1.13. The number of carbonyl (C=O) groups excluding carboxylic acids is 2. The quantitative estimate of drug-likeness (QED) is 0.629. The molecule has 0 spiro atoms. The molecule has 2 saturated heterocycles. The van der Waals surface area contributed by atoms with Crippen LogP contribution in [0.25, 0.3) is 10.2 Å². The molecule has 0 radical (unpaired) electrons. The van der Waals surface area contributed by atoms with Crippen molar-refractivity contribution in [1.29, 1.82) is 0 Å². The zero-order valence-corrected chi connectivity index (χ0v) is 18.2. The predicted molar refractivity (Wildman–Crippen MR) is 118 cm³/mol. The first kappa shape index (κ1) is 21.2. The molecule has 0 N–H and O–H groups in total. The lowest BCUT2D eigenvalue weighted by atomic mass is 10.1. The van der Waals surface area contributed by atoms with Gasteiger partial charge in [0.05, 0.1) is 35.0 Å². The molecule has 0 bridgehead atoms. The van der Waals surface area contributed by atoms with Crippen molar-refractivity contribution < 1.29 is 14.3 Å². The van der Waals surface area contributed by atoms with Crippen molar-refractivity contribution in [2.24, 2.45) is 0 Å². The number of morpholine rings is 1. The maximum absolute atomic E-state index is 12.5. The SMILES string of the molecule is O=C(CCCCc1nc2ccccc2s1)N1CCN(C(=O)CN2CCOCC2)CC1. The van der Waals surface area contributed by atoms with Crippen LogP contribution in [0.15, 0.2) is 24.3 Å². The van der Waals surface area contributed by atoms with Crippen molar-refractivity contribution in [2.75, 3.05) is 59.0 Å². The first-order valence-electron chi connectivity index (χ1n) is 10.9. The summed E-state index contributed by atoms with van der Waals surface area (Å²) in [6, 6.07) is 8.20. The van der Waals surface area contributed by atoms with Crippen molar-refractivity contribution in [3.8, 4) is 0 Å². The highest BCUT2D eigenvalue weighted by Crippen LogP contribution is 2.23. The molecule has 2 aliphatic heterocycles. The topological polar surface area (TPSA) is 66.0 Å².